The lowest BCUT2D eigenvalue weighted by atomic mass is 10.2. The number of halogens is 2. The first-order valence-electron chi connectivity index (χ1n) is 2.84. The van der Waals surface area contributed by atoms with E-state index in [2.05, 4.69) is 9.31 Å². The first-order valence-corrected chi connectivity index (χ1v) is 3.91. The molecule has 0 heterocycles. The maximum absolute atomic E-state index is 8.75. The molecule has 0 rings (SSSR count). The third-order valence-corrected chi connectivity index (χ3v) is 0.984. The Kier molecular flexibility index (Phi) is 8.03. The van der Waals surface area contributed by atoms with E-state index in [9.17, 15) is 0 Å². The molecule has 0 aliphatic carbocycles. The molecule has 0 aliphatic rings. The zero-order valence-electron chi connectivity index (χ0n) is 5.43. The van der Waals surface area contributed by atoms with E-state index in [1.165, 1.54) is 0 Å². The molecule has 0 amide bonds. The monoisotopic (exact) mass is 186 g/mol. The maximum Gasteiger partial charge on any atom is 0.636 e. The van der Waals surface area contributed by atoms with Crippen LogP contribution in [0.4, 0.5) is 0 Å². The first-order chi connectivity index (χ1) is 4.81. The molecule has 0 aromatic carbocycles. The lowest BCUT2D eigenvalue weighted by molar-refractivity contribution is 0.147. The summed E-state index contributed by atoms with van der Waals surface area (Å²) in [4.78, 5) is 0. The van der Waals surface area contributed by atoms with Gasteiger partial charge in [0.05, 0.1) is 0 Å². The molecule has 3 nitrogen and oxygen atoms in total. The lowest BCUT2D eigenvalue weighted by Crippen LogP contribution is -2.24. The molecule has 0 saturated carbocycles. The topological polar surface area (TPSA) is 38.7 Å². The van der Waals surface area contributed by atoms with Gasteiger partial charge in [0.2, 0.25) is 0 Å². The molecule has 0 unspecified atom stereocenters. The molecule has 0 spiro atoms. The summed E-state index contributed by atoms with van der Waals surface area (Å²) < 4.78 is 9.27. The van der Waals surface area contributed by atoms with Crippen molar-refractivity contribution < 1.29 is 14.3 Å². The number of alkyl halides is 2. The predicted molar refractivity (Wildman–Crippen MR) is 41.3 cm³/mol. The summed E-state index contributed by atoms with van der Waals surface area (Å²) in [6, 6.07) is 0. The quantitative estimate of drug-likeness (QED) is 0.485. The van der Waals surface area contributed by atoms with Gasteiger partial charge in [0.25, 0.3) is 0 Å². The second-order valence-corrected chi connectivity index (χ2v) is 2.18. The van der Waals surface area contributed by atoms with E-state index in [1.54, 1.807) is 0 Å². The zero-order valence-corrected chi connectivity index (χ0v) is 6.94. The van der Waals surface area contributed by atoms with Crippen LogP contribution >= 0.6 is 23.2 Å². The molecule has 0 atom stereocenters. The summed E-state index contributed by atoms with van der Waals surface area (Å²) in [5.41, 5.74) is 0. The summed E-state index contributed by atoms with van der Waals surface area (Å²) in [5, 5.41) is 8.75. The van der Waals surface area contributed by atoms with Crippen molar-refractivity contribution in [3.05, 3.63) is 0 Å². The molecule has 0 aromatic heterocycles. The molecule has 0 radical (unpaired) electrons. The van der Waals surface area contributed by atoms with Crippen LogP contribution in [0.1, 0.15) is 0 Å². The highest BCUT2D eigenvalue weighted by atomic mass is 35.5. The Morgan fingerprint density at radius 1 is 1.10 bits per heavy atom. The third-order valence-electron chi connectivity index (χ3n) is 0.675. The van der Waals surface area contributed by atoms with Gasteiger partial charge in [-0.05, 0) is 0 Å². The standard InChI is InChI=1S/C4H9BCl2O3/c6-1-3-9-5(8)10-4-2-7/h8H,1-4H2. The molecule has 10 heavy (non-hydrogen) atoms. The smallest absolute Gasteiger partial charge is 0.402 e. The van der Waals surface area contributed by atoms with Gasteiger partial charge in [-0.15, -0.1) is 23.2 Å². The normalized spacial score (nSPS) is 9.90. The summed E-state index contributed by atoms with van der Waals surface area (Å²) in [6.07, 6.45) is 0. The molecule has 0 fully saturated rings. The Morgan fingerprint density at radius 2 is 1.50 bits per heavy atom. The average molecular weight is 187 g/mol. The van der Waals surface area contributed by atoms with E-state index in [0.29, 0.717) is 11.8 Å². The van der Waals surface area contributed by atoms with Crippen molar-refractivity contribution in [2.45, 2.75) is 0 Å². The molecule has 0 aliphatic heterocycles. The van der Waals surface area contributed by atoms with Crippen LogP contribution in [-0.4, -0.2) is 37.3 Å². The van der Waals surface area contributed by atoms with Crippen LogP contribution in [0.2, 0.25) is 0 Å². The van der Waals surface area contributed by atoms with Crippen molar-refractivity contribution in [3.8, 4) is 0 Å². The van der Waals surface area contributed by atoms with Crippen molar-refractivity contribution in [2.75, 3.05) is 25.0 Å². The van der Waals surface area contributed by atoms with Crippen LogP contribution < -0.4 is 0 Å². The highest BCUT2D eigenvalue weighted by molar-refractivity contribution is 6.34. The van der Waals surface area contributed by atoms with Crippen LogP contribution in [0.15, 0.2) is 0 Å². The fraction of sp³-hybridized carbons (Fsp3) is 1.00. The third kappa shape index (κ3) is 6.64. The fourth-order valence-corrected chi connectivity index (χ4v) is 0.517. The van der Waals surface area contributed by atoms with E-state index in [0.717, 1.165) is 0 Å². The minimum absolute atomic E-state index is 0.269. The first kappa shape index (κ1) is 10.5. The molecule has 6 heteroatoms. The van der Waals surface area contributed by atoms with Gasteiger partial charge in [-0.1, -0.05) is 0 Å². The van der Waals surface area contributed by atoms with Crippen LogP contribution in [-0.2, 0) is 9.31 Å². The molecule has 60 valence electrons. The van der Waals surface area contributed by atoms with Gasteiger partial charge in [-0.3, -0.25) is 0 Å². The molecule has 0 bridgehead atoms. The predicted octanol–water partition coefficient (Wildman–Crippen LogP) is 0.474. The van der Waals surface area contributed by atoms with Crippen molar-refractivity contribution in [3.63, 3.8) is 0 Å². The van der Waals surface area contributed by atoms with Gasteiger partial charge < -0.3 is 14.3 Å². The molecular formula is C4H9BCl2O3. The Hall–Kier alpha value is 0.525. The fourth-order valence-electron chi connectivity index (χ4n) is 0.339. The summed E-state index contributed by atoms with van der Waals surface area (Å²) in [7, 11) is -1.20. The van der Waals surface area contributed by atoms with E-state index in [-0.39, 0.29) is 13.2 Å². The molecule has 0 saturated heterocycles. The van der Waals surface area contributed by atoms with Gasteiger partial charge in [-0.2, -0.15) is 0 Å². The van der Waals surface area contributed by atoms with Crippen molar-refractivity contribution in [1.82, 2.24) is 0 Å². The van der Waals surface area contributed by atoms with E-state index in [1.807, 2.05) is 0 Å². The highest BCUT2D eigenvalue weighted by Gasteiger charge is 2.13. The van der Waals surface area contributed by atoms with E-state index < -0.39 is 7.32 Å². The number of rotatable bonds is 6. The Balaban J connectivity index is 3.00. The molecule has 0 aromatic rings. The van der Waals surface area contributed by atoms with Crippen LogP contribution in [0.25, 0.3) is 0 Å². The van der Waals surface area contributed by atoms with Gasteiger partial charge in [0.15, 0.2) is 0 Å². The van der Waals surface area contributed by atoms with Crippen LogP contribution in [0.3, 0.4) is 0 Å². The van der Waals surface area contributed by atoms with Crippen molar-refractivity contribution in [1.29, 1.82) is 0 Å². The number of hydrogen-bond donors (Lipinski definition) is 1. The number of hydrogen-bond acceptors (Lipinski definition) is 3. The largest absolute Gasteiger partial charge is 0.636 e. The Labute approximate surface area is 70.4 Å². The van der Waals surface area contributed by atoms with Crippen molar-refractivity contribution in [2.24, 2.45) is 0 Å². The lowest BCUT2D eigenvalue weighted by Gasteiger charge is -2.04. The van der Waals surface area contributed by atoms with Gasteiger partial charge in [-0.25, -0.2) is 0 Å². The minimum atomic E-state index is -1.20. The Morgan fingerprint density at radius 3 is 1.80 bits per heavy atom. The molecular weight excluding hydrogens is 178 g/mol. The second kappa shape index (κ2) is 7.63. The van der Waals surface area contributed by atoms with Crippen LogP contribution in [0.5, 0.6) is 0 Å². The SMILES string of the molecule is OB(OCCCl)OCCCl. The van der Waals surface area contributed by atoms with Gasteiger partial charge in [0.1, 0.15) is 0 Å². The second-order valence-electron chi connectivity index (χ2n) is 1.43. The maximum atomic E-state index is 8.75. The van der Waals surface area contributed by atoms with Crippen LogP contribution in [0, 0.1) is 0 Å². The summed E-state index contributed by atoms with van der Waals surface area (Å²) >= 11 is 10.5. The average Bonchev–Trinajstić information content (AvgIpc) is 1.97. The summed E-state index contributed by atoms with van der Waals surface area (Å²) in [5.74, 6) is 0.669. The van der Waals surface area contributed by atoms with E-state index >= 15 is 0 Å². The van der Waals surface area contributed by atoms with Crippen molar-refractivity contribution >= 4 is 30.5 Å². The summed E-state index contributed by atoms with van der Waals surface area (Å²) in [6.45, 7) is 0.538. The Bertz CT molecular complexity index is 67.5. The van der Waals surface area contributed by atoms with Gasteiger partial charge >= 0.3 is 7.32 Å². The van der Waals surface area contributed by atoms with Gasteiger partial charge in [0, 0.05) is 25.0 Å². The minimum Gasteiger partial charge on any atom is -0.402 e. The zero-order chi connectivity index (χ0) is 7.82. The molecule has 1 N–H and O–H groups in total. The highest BCUT2D eigenvalue weighted by Crippen LogP contribution is 1.87. The van der Waals surface area contributed by atoms with E-state index in [4.69, 9.17) is 28.2 Å².